The van der Waals surface area contributed by atoms with Crippen molar-refractivity contribution in [2.24, 2.45) is 5.92 Å². The summed E-state index contributed by atoms with van der Waals surface area (Å²) in [5.74, 6) is 1.26. The van der Waals surface area contributed by atoms with Crippen LogP contribution in [0.5, 0.6) is 17.2 Å². The van der Waals surface area contributed by atoms with Gasteiger partial charge in [0.1, 0.15) is 30.3 Å². The molecule has 2 aromatic carbocycles. The Bertz CT molecular complexity index is 1160. The molecular formula is C28H31FN2O5. The summed E-state index contributed by atoms with van der Waals surface area (Å²) in [6.45, 7) is 1.86. The van der Waals surface area contributed by atoms with Crippen LogP contribution in [0.4, 0.5) is 4.39 Å². The number of ether oxygens (including phenoxy) is 3. The lowest BCUT2D eigenvalue weighted by Gasteiger charge is -2.24. The molecular weight excluding hydrogens is 463 g/mol. The fourth-order valence-electron chi connectivity index (χ4n) is 5.23. The normalized spacial score (nSPS) is 24.3. The van der Waals surface area contributed by atoms with Gasteiger partial charge >= 0.3 is 0 Å². The fourth-order valence-corrected chi connectivity index (χ4v) is 5.23. The van der Waals surface area contributed by atoms with E-state index < -0.39 is 17.5 Å². The number of halogens is 1. The second-order valence-corrected chi connectivity index (χ2v) is 9.68. The van der Waals surface area contributed by atoms with Crippen LogP contribution in [-0.2, 0) is 6.61 Å². The highest BCUT2D eigenvalue weighted by Gasteiger charge is 2.53. The van der Waals surface area contributed by atoms with Crippen LogP contribution >= 0.6 is 0 Å². The summed E-state index contributed by atoms with van der Waals surface area (Å²) in [5, 5.41) is 21.9. The Morgan fingerprint density at radius 3 is 2.58 bits per heavy atom. The van der Waals surface area contributed by atoms with Crippen LogP contribution in [-0.4, -0.2) is 58.5 Å². The Kier molecular flexibility index (Phi) is 7.09. The summed E-state index contributed by atoms with van der Waals surface area (Å²) < 4.78 is 30.7. The molecule has 1 aliphatic carbocycles. The molecule has 0 spiro atoms. The molecule has 2 heterocycles. The Hall–Kier alpha value is -3.20. The maximum Gasteiger partial charge on any atom is 0.165 e. The minimum Gasteiger partial charge on any atom is -0.497 e. The van der Waals surface area contributed by atoms with E-state index in [1.165, 1.54) is 6.07 Å². The highest BCUT2D eigenvalue weighted by molar-refractivity contribution is 5.28. The summed E-state index contributed by atoms with van der Waals surface area (Å²) >= 11 is 0. The van der Waals surface area contributed by atoms with Crippen molar-refractivity contribution in [1.29, 1.82) is 0 Å². The van der Waals surface area contributed by atoms with E-state index in [1.54, 1.807) is 43.6 Å². The number of pyridine rings is 1. The summed E-state index contributed by atoms with van der Waals surface area (Å²) in [5.41, 5.74) is 0.665. The third-order valence-corrected chi connectivity index (χ3v) is 7.09. The molecule has 1 unspecified atom stereocenters. The monoisotopic (exact) mass is 494 g/mol. The highest BCUT2D eigenvalue weighted by atomic mass is 19.1. The molecule has 0 bridgehead atoms. The molecule has 8 heteroatoms. The molecule has 2 fully saturated rings. The molecule has 5 rings (SSSR count). The SMILES string of the molecule is COc1ccc(COc2ccc(C(O)CN3C[C@@H]4C[C@@H](Oc5ccccc5F)C[C@]4(O)C3)nc2)cc1. The predicted octanol–water partition coefficient (Wildman–Crippen LogP) is 3.75. The van der Waals surface area contributed by atoms with E-state index in [0.29, 0.717) is 50.5 Å². The average molecular weight is 495 g/mol. The van der Waals surface area contributed by atoms with Gasteiger partial charge in [0.25, 0.3) is 0 Å². The highest BCUT2D eigenvalue weighted by Crippen LogP contribution is 2.43. The molecule has 190 valence electrons. The molecule has 2 aliphatic rings. The van der Waals surface area contributed by atoms with Crippen LogP contribution in [0.3, 0.4) is 0 Å². The van der Waals surface area contributed by atoms with Crippen LogP contribution in [0.2, 0.25) is 0 Å². The number of benzene rings is 2. The first-order valence-electron chi connectivity index (χ1n) is 12.2. The van der Waals surface area contributed by atoms with Crippen molar-refractivity contribution >= 4 is 0 Å². The Morgan fingerprint density at radius 2 is 1.89 bits per heavy atom. The summed E-state index contributed by atoms with van der Waals surface area (Å²) in [6.07, 6.45) is 1.69. The third-order valence-electron chi connectivity index (χ3n) is 7.09. The van der Waals surface area contributed by atoms with E-state index in [2.05, 4.69) is 9.88 Å². The minimum atomic E-state index is -0.901. The Balaban J connectivity index is 1.10. The van der Waals surface area contributed by atoms with E-state index in [1.807, 2.05) is 24.3 Å². The van der Waals surface area contributed by atoms with Gasteiger partial charge in [-0.3, -0.25) is 9.88 Å². The predicted molar refractivity (Wildman–Crippen MR) is 131 cm³/mol. The molecule has 36 heavy (non-hydrogen) atoms. The number of β-amino-alcohol motifs (C(OH)–C–C–N with tert-alkyl or cyclic N) is 2. The van der Waals surface area contributed by atoms with Crippen molar-refractivity contribution in [3.8, 4) is 17.2 Å². The zero-order valence-electron chi connectivity index (χ0n) is 20.2. The zero-order valence-corrected chi connectivity index (χ0v) is 20.2. The van der Waals surface area contributed by atoms with Crippen LogP contribution in [0, 0.1) is 11.7 Å². The number of fused-ring (bicyclic) bond motifs is 1. The van der Waals surface area contributed by atoms with E-state index in [-0.39, 0.29) is 17.8 Å². The van der Waals surface area contributed by atoms with E-state index >= 15 is 0 Å². The summed E-state index contributed by atoms with van der Waals surface area (Å²) in [7, 11) is 1.63. The number of nitrogens with zero attached hydrogens (tertiary/aromatic N) is 2. The molecule has 0 radical (unpaired) electrons. The van der Waals surface area contributed by atoms with E-state index in [9.17, 15) is 14.6 Å². The number of aromatic nitrogens is 1. The molecule has 4 atom stereocenters. The van der Waals surface area contributed by atoms with Gasteiger partial charge in [-0.25, -0.2) is 4.39 Å². The zero-order chi connectivity index (χ0) is 25.1. The molecule has 1 aromatic heterocycles. The molecule has 3 aromatic rings. The first-order valence-corrected chi connectivity index (χ1v) is 12.2. The van der Waals surface area contributed by atoms with Gasteiger partial charge in [-0.15, -0.1) is 0 Å². The first-order chi connectivity index (χ1) is 17.4. The molecule has 1 saturated heterocycles. The maximum atomic E-state index is 13.9. The van der Waals surface area contributed by atoms with Gasteiger partial charge in [0.15, 0.2) is 11.6 Å². The number of hydrogen-bond acceptors (Lipinski definition) is 7. The molecule has 1 aliphatic heterocycles. The number of likely N-dealkylation sites (tertiary alicyclic amines) is 1. The van der Waals surface area contributed by atoms with Crippen molar-refractivity contribution < 1.29 is 28.8 Å². The van der Waals surface area contributed by atoms with Gasteiger partial charge in [0.2, 0.25) is 0 Å². The average Bonchev–Trinajstić information content (AvgIpc) is 3.34. The van der Waals surface area contributed by atoms with Crippen molar-refractivity contribution in [3.05, 3.63) is 83.9 Å². The Labute approximate surface area is 210 Å². The lowest BCUT2D eigenvalue weighted by atomic mass is 9.95. The molecule has 1 saturated carbocycles. The van der Waals surface area contributed by atoms with Crippen molar-refractivity contribution in [2.75, 3.05) is 26.7 Å². The van der Waals surface area contributed by atoms with E-state index in [0.717, 1.165) is 11.3 Å². The minimum absolute atomic E-state index is 0.0168. The van der Waals surface area contributed by atoms with Crippen LogP contribution in [0.15, 0.2) is 66.9 Å². The standard InChI is InChI=1S/C28H31FN2O5/c1-34-21-8-6-19(7-9-21)17-35-22-10-11-25(30-14-22)26(32)16-31-15-20-12-23(13-28(20,33)18-31)36-27-5-3-2-4-24(27)29/h2-11,14,20,23,26,32-33H,12-13,15-18H2,1H3/t20-,23+,26?,28-/m0/s1. The quantitative estimate of drug-likeness (QED) is 0.469. The molecule has 2 N–H and O–H groups in total. The lowest BCUT2D eigenvalue weighted by molar-refractivity contribution is 0.0174. The second kappa shape index (κ2) is 10.4. The van der Waals surface area contributed by atoms with Gasteiger partial charge < -0.3 is 24.4 Å². The van der Waals surface area contributed by atoms with E-state index in [4.69, 9.17) is 14.2 Å². The largest absolute Gasteiger partial charge is 0.497 e. The van der Waals surface area contributed by atoms with Crippen molar-refractivity contribution in [1.82, 2.24) is 9.88 Å². The Morgan fingerprint density at radius 1 is 1.11 bits per heavy atom. The smallest absolute Gasteiger partial charge is 0.165 e. The van der Waals surface area contributed by atoms with Gasteiger partial charge in [0.05, 0.1) is 24.6 Å². The number of hydrogen-bond donors (Lipinski definition) is 2. The van der Waals surface area contributed by atoms with Crippen LogP contribution < -0.4 is 14.2 Å². The lowest BCUT2D eigenvalue weighted by Crippen LogP contribution is -2.36. The van der Waals surface area contributed by atoms with Gasteiger partial charge in [-0.05, 0) is 48.4 Å². The summed E-state index contributed by atoms with van der Waals surface area (Å²) in [4.78, 5) is 6.44. The van der Waals surface area contributed by atoms with Crippen molar-refractivity contribution in [2.45, 2.75) is 37.3 Å². The molecule has 0 amide bonds. The number of aliphatic hydroxyl groups excluding tert-OH is 1. The van der Waals surface area contributed by atoms with Gasteiger partial charge in [-0.2, -0.15) is 0 Å². The number of para-hydroxylation sites is 1. The van der Waals surface area contributed by atoms with Crippen LogP contribution in [0.1, 0.15) is 30.2 Å². The number of rotatable bonds is 9. The number of aliphatic hydroxyl groups is 2. The molecule has 7 nitrogen and oxygen atoms in total. The van der Waals surface area contributed by atoms with Gasteiger partial charge in [-0.1, -0.05) is 24.3 Å². The van der Waals surface area contributed by atoms with Gasteiger partial charge in [0, 0.05) is 32.0 Å². The third kappa shape index (κ3) is 5.46. The first kappa shape index (κ1) is 24.5. The second-order valence-electron chi connectivity index (χ2n) is 9.68. The number of methoxy groups -OCH3 is 1. The summed E-state index contributed by atoms with van der Waals surface area (Å²) in [6, 6.07) is 17.6. The fraction of sp³-hybridized carbons (Fsp3) is 0.393. The topological polar surface area (TPSA) is 84.3 Å². The maximum absolute atomic E-state index is 13.9. The van der Waals surface area contributed by atoms with Crippen molar-refractivity contribution in [3.63, 3.8) is 0 Å². The van der Waals surface area contributed by atoms with Crippen LogP contribution in [0.25, 0.3) is 0 Å².